The monoisotopic (exact) mass is 316 g/mol. The molecule has 3 nitrogen and oxygen atoms in total. The summed E-state index contributed by atoms with van der Waals surface area (Å²) in [6.07, 6.45) is 5.43. The Morgan fingerprint density at radius 2 is 1.83 bits per heavy atom. The van der Waals surface area contributed by atoms with E-state index in [1.165, 1.54) is 5.47 Å². The van der Waals surface area contributed by atoms with Crippen LogP contribution in [0.1, 0.15) is 59.4 Å². The third-order valence-electron chi connectivity index (χ3n) is 4.82. The molecule has 1 aromatic carbocycles. The summed E-state index contributed by atoms with van der Waals surface area (Å²) in [4.78, 5) is 0. The first-order valence-electron chi connectivity index (χ1n) is 8.49. The van der Waals surface area contributed by atoms with Crippen molar-refractivity contribution in [3.05, 3.63) is 35.3 Å². The van der Waals surface area contributed by atoms with E-state index >= 15 is 0 Å². The molecule has 0 unspecified atom stereocenters. The average molecular weight is 316 g/mol. The lowest BCUT2D eigenvalue weighted by Crippen LogP contribution is -2.41. The summed E-state index contributed by atoms with van der Waals surface area (Å²) in [6.45, 7) is 10.6. The maximum atomic E-state index is 6.23. The van der Waals surface area contributed by atoms with E-state index in [9.17, 15) is 0 Å². The fourth-order valence-electron chi connectivity index (χ4n) is 2.58. The van der Waals surface area contributed by atoms with Gasteiger partial charge in [0, 0.05) is 0 Å². The van der Waals surface area contributed by atoms with Crippen LogP contribution in [0.15, 0.2) is 29.7 Å². The van der Waals surface area contributed by atoms with Gasteiger partial charge >= 0.3 is 7.12 Å². The van der Waals surface area contributed by atoms with Crippen molar-refractivity contribution in [3.8, 4) is 5.75 Å². The molecule has 0 spiro atoms. The summed E-state index contributed by atoms with van der Waals surface area (Å²) in [6, 6.07) is 8.08. The first-order chi connectivity index (χ1) is 10.8. The molecule has 1 fully saturated rings. The SMILES string of the molecule is CCCC/C(=C\c1cccc(OC)c1)B1OC(C)(C)C(C)(C)O1. The highest BCUT2D eigenvalue weighted by Crippen LogP contribution is 2.39. The molecule has 1 aromatic rings. The van der Waals surface area contributed by atoms with Gasteiger partial charge in [0.1, 0.15) is 5.75 Å². The summed E-state index contributed by atoms with van der Waals surface area (Å²) < 4.78 is 17.8. The van der Waals surface area contributed by atoms with Crippen molar-refractivity contribution in [1.82, 2.24) is 0 Å². The predicted octanol–water partition coefficient (Wildman–Crippen LogP) is 4.90. The minimum absolute atomic E-state index is 0.280. The highest BCUT2D eigenvalue weighted by molar-refractivity contribution is 6.55. The van der Waals surface area contributed by atoms with Crippen molar-refractivity contribution < 1.29 is 14.0 Å². The maximum Gasteiger partial charge on any atom is 0.490 e. The number of hydrogen-bond donors (Lipinski definition) is 0. The lowest BCUT2D eigenvalue weighted by atomic mass is 9.74. The predicted molar refractivity (Wildman–Crippen MR) is 96.6 cm³/mol. The molecular formula is C19H29BO3. The van der Waals surface area contributed by atoms with Crippen LogP contribution in [0, 0.1) is 0 Å². The third-order valence-corrected chi connectivity index (χ3v) is 4.82. The molecule has 4 heteroatoms. The van der Waals surface area contributed by atoms with Crippen LogP contribution in [0.5, 0.6) is 5.75 Å². The van der Waals surface area contributed by atoms with Crippen LogP contribution in [0.2, 0.25) is 0 Å². The van der Waals surface area contributed by atoms with Crippen LogP contribution in [-0.2, 0) is 9.31 Å². The molecular weight excluding hydrogens is 287 g/mol. The van der Waals surface area contributed by atoms with Crippen LogP contribution in [-0.4, -0.2) is 25.4 Å². The Morgan fingerprint density at radius 3 is 2.39 bits per heavy atom. The zero-order valence-corrected chi connectivity index (χ0v) is 15.3. The Labute approximate surface area is 141 Å². The van der Waals surface area contributed by atoms with Gasteiger partial charge in [-0.3, -0.25) is 0 Å². The van der Waals surface area contributed by atoms with E-state index in [-0.39, 0.29) is 18.3 Å². The van der Waals surface area contributed by atoms with Crippen molar-refractivity contribution in [1.29, 1.82) is 0 Å². The molecule has 0 aromatic heterocycles. The van der Waals surface area contributed by atoms with Gasteiger partial charge in [-0.05, 0) is 57.3 Å². The first kappa shape index (κ1) is 18.1. The molecule has 0 atom stereocenters. The molecule has 2 rings (SSSR count). The largest absolute Gasteiger partial charge is 0.497 e. The number of hydrogen-bond acceptors (Lipinski definition) is 3. The van der Waals surface area contributed by atoms with Gasteiger partial charge in [0.25, 0.3) is 0 Å². The van der Waals surface area contributed by atoms with Gasteiger partial charge in [-0.1, -0.05) is 38.0 Å². The summed E-state index contributed by atoms with van der Waals surface area (Å²) in [5.41, 5.74) is 1.69. The third kappa shape index (κ3) is 4.18. The van der Waals surface area contributed by atoms with Crippen molar-refractivity contribution in [2.75, 3.05) is 7.11 Å². The van der Waals surface area contributed by atoms with Gasteiger partial charge in [-0.2, -0.15) is 0 Å². The Bertz CT molecular complexity index is 547. The smallest absolute Gasteiger partial charge is 0.490 e. The quantitative estimate of drug-likeness (QED) is 0.699. The standard InChI is InChI=1S/C19H29BO3/c1-7-8-11-16(13-15-10-9-12-17(14-15)21-6)20-22-18(2,3)19(4,5)23-20/h9-10,12-14H,7-8,11H2,1-6H3/b16-13+. The van der Waals surface area contributed by atoms with Crippen LogP contribution in [0.4, 0.5) is 0 Å². The van der Waals surface area contributed by atoms with E-state index in [0.717, 1.165) is 30.6 Å². The first-order valence-corrected chi connectivity index (χ1v) is 8.49. The summed E-state index contributed by atoms with van der Waals surface area (Å²) in [5.74, 6) is 0.863. The normalized spacial score (nSPS) is 19.9. The summed E-state index contributed by atoms with van der Waals surface area (Å²) in [5, 5.41) is 0. The van der Waals surface area contributed by atoms with Crippen LogP contribution in [0.25, 0.3) is 6.08 Å². The minimum atomic E-state index is -0.308. The summed E-state index contributed by atoms with van der Waals surface area (Å²) in [7, 11) is 1.41. The van der Waals surface area contributed by atoms with E-state index in [0.29, 0.717) is 0 Å². The Hall–Kier alpha value is -1.26. The number of methoxy groups -OCH3 is 1. The molecule has 126 valence electrons. The topological polar surface area (TPSA) is 27.7 Å². The van der Waals surface area contributed by atoms with Gasteiger partial charge < -0.3 is 14.0 Å². The number of unbranched alkanes of at least 4 members (excludes halogenated alkanes) is 1. The van der Waals surface area contributed by atoms with Gasteiger partial charge in [0.2, 0.25) is 0 Å². The lowest BCUT2D eigenvalue weighted by Gasteiger charge is -2.32. The van der Waals surface area contributed by atoms with E-state index in [1.807, 2.05) is 18.2 Å². The molecule has 23 heavy (non-hydrogen) atoms. The van der Waals surface area contributed by atoms with Gasteiger partial charge in [0.05, 0.1) is 18.3 Å². The second-order valence-electron chi connectivity index (χ2n) is 7.19. The summed E-state index contributed by atoms with van der Waals surface area (Å²) >= 11 is 0. The number of benzene rings is 1. The van der Waals surface area contributed by atoms with E-state index in [1.54, 1.807) is 7.11 Å². The molecule has 0 saturated carbocycles. The second kappa shape index (κ2) is 7.10. The Morgan fingerprint density at radius 1 is 1.17 bits per heavy atom. The molecule has 0 amide bonds. The van der Waals surface area contributed by atoms with Crippen molar-refractivity contribution in [2.45, 2.75) is 65.1 Å². The van der Waals surface area contributed by atoms with Crippen molar-refractivity contribution in [3.63, 3.8) is 0 Å². The number of rotatable bonds is 6. The Kier molecular flexibility index (Phi) is 5.59. The second-order valence-corrected chi connectivity index (χ2v) is 7.19. The molecule has 0 bridgehead atoms. The fraction of sp³-hybridized carbons (Fsp3) is 0.579. The zero-order valence-electron chi connectivity index (χ0n) is 15.3. The molecule has 1 aliphatic rings. The molecule has 1 saturated heterocycles. The average Bonchev–Trinajstić information content (AvgIpc) is 2.72. The van der Waals surface area contributed by atoms with Crippen LogP contribution >= 0.6 is 0 Å². The van der Waals surface area contributed by atoms with E-state index in [2.05, 4.69) is 46.8 Å². The minimum Gasteiger partial charge on any atom is -0.497 e. The van der Waals surface area contributed by atoms with Crippen LogP contribution in [0.3, 0.4) is 0 Å². The zero-order chi connectivity index (χ0) is 17.1. The molecule has 0 radical (unpaired) electrons. The van der Waals surface area contributed by atoms with E-state index < -0.39 is 0 Å². The molecule has 0 N–H and O–H groups in total. The lowest BCUT2D eigenvalue weighted by molar-refractivity contribution is 0.00578. The molecule has 1 aliphatic heterocycles. The number of ether oxygens (including phenoxy) is 1. The van der Waals surface area contributed by atoms with Crippen molar-refractivity contribution in [2.24, 2.45) is 0 Å². The molecule has 0 aliphatic carbocycles. The van der Waals surface area contributed by atoms with Crippen LogP contribution < -0.4 is 4.74 Å². The fourth-order valence-corrected chi connectivity index (χ4v) is 2.58. The van der Waals surface area contributed by atoms with Gasteiger partial charge in [-0.25, -0.2) is 0 Å². The maximum absolute atomic E-state index is 6.23. The highest BCUT2D eigenvalue weighted by atomic mass is 16.7. The number of allylic oxidation sites excluding steroid dienone is 1. The van der Waals surface area contributed by atoms with E-state index in [4.69, 9.17) is 14.0 Å². The van der Waals surface area contributed by atoms with Crippen molar-refractivity contribution >= 4 is 13.2 Å². The van der Waals surface area contributed by atoms with Gasteiger partial charge in [-0.15, -0.1) is 0 Å². The highest BCUT2D eigenvalue weighted by Gasteiger charge is 2.52. The molecule has 1 heterocycles. The Balaban J connectivity index is 2.28. The van der Waals surface area contributed by atoms with Gasteiger partial charge in [0.15, 0.2) is 0 Å².